The van der Waals surface area contributed by atoms with Crippen molar-refractivity contribution in [1.82, 2.24) is 4.57 Å². The minimum absolute atomic E-state index is 0.139. The van der Waals surface area contributed by atoms with Crippen molar-refractivity contribution in [1.29, 1.82) is 0 Å². The van der Waals surface area contributed by atoms with Crippen LogP contribution in [0.3, 0.4) is 0 Å². The monoisotopic (exact) mass is 286 g/mol. The summed E-state index contributed by atoms with van der Waals surface area (Å²) in [6.45, 7) is 6.74. The molecule has 0 spiro atoms. The highest BCUT2D eigenvalue weighted by molar-refractivity contribution is 7.80. The lowest BCUT2D eigenvalue weighted by molar-refractivity contribution is 0.749. The minimum Gasteiger partial charge on any atom is -0.389 e. The van der Waals surface area contributed by atoms with E-state index in [1.54, 1.807) is 22.9 Å². The first kappa shape index (κ1) is 14.5. The van der Waals surface area contributed by atoms with E-state index in [1.807, 2.05) is 0 Å². The SMILES string of the molecule is Cc1cc(C)c(Cn2cccc(C(N)=S)c2=O)c(C)c1. The van der Waals surface area contributed by atoms with Crippen molar-refractivity contribution in [3.05, 3.63) is 68.6 Å². The van der Waals surface area contributed by atoms with E-state index >= 15 is 0 Å². The zero-order valence-corrected chi connectivity index (χ0v) is 12.8. The molecule has 1 aromatic heterocycles. The maximum absolute atomic E-state index is 12.3. The molecule has 2 N–H and O–H groups in total. The number of thiocarbonyl (C=S) groups is 1. The molecule has 0 saturated heterocycles. The van der Waals surface area contributed by atoms with Gasteiger partial charge in [0.1, 0.15) is 4.99 Å². The number of aryl methyl sites for hydroxylation is 3. The first-order valence-electron chi connectivity index (χ1n) is 6.46. The number of hydrogen-bond donors (Lipinski definition) is 1. The summed E-state index contributed by atoms with van der Waals surface area (Å²) in [4.78, 5) is 12.4. The van der Waals surface area contributed by atoms with Gasteiger partial charge >= 0.3 is 0 Å². The lowest BCUT2D eigenvalue weighted by Gasteiger charge is -2.13. The Morgan fingerprint density at radius 3 is 2.40 bits per heavy atom. The summed E-state index contributed by atoms with van der Waals surface area (Å²) in [5.74, 6) is 0. The molecule has 0 radical (unpaired) electrons. The smallest absolute Gasteiger partial charge is 0.261 e. The van der Waals surface area contributed by atoms with Gasteiger partial charge in [-0.2, -0.15) is 0 Å². The molecule has 3 nitrogen and oxygen atoms in total. The van der Waals surface area contributed by atoms with E-state index in [-0.39, 0.29) is 10.5 Å². The number of hydrogen-bond acceptors (Lipinski definition) is 2. The molecule has 1 aromatic carbocycles. The van der Waals surface area contributed by atoms with Crippen LogP contribution in [0.15, 0.2) is 35.3 Å². The molecule has 20 heavy (non-hydrogen) atoms. The van der Waals surface area contributed by atoms with Crippen LogP contribution in [0.5, 0.6) is 0 Å². The average Bonchev–Trinajstić information content (AvgIpc) is 2.35. The molecule has 2 rings (SSSR count). The zero-order chi connectivity index (χ0) is 14.9. The Balaban J connectivity index is 2.49. The summed E-state index contributed by atoms with van der Waals surface area (Å²) in [7, 11) is 0. The third-order valence-corrected chi connectivity index (χ3v) is 3.67. The lowest BCUT2D eigenvalue weighted by atomic mass is 10.00. The van der Waals surface area contributed by atoms with Crippen LogP contribution in [-0.2, 0) is 6.54 Å². The minimum atomic E-state index is -0.139. The fraction of sp³-hybridized carbons (Fsp3) is 0.250. The van der Waals surface area contributed by atoms with E-state index in [0.717, 1.165) is 5.56 Å². The Morgan fingerprint density at radius 2 is 1.85 bits per heavy atom. The van der Waals surface area contributed by atoms with Crippen LogP contribution in [0.1, 0.15) is 27.8 Å². The van der Waals surface area contributed by atoms with Crippen LogP contribution in [0.2, 0.25) is 0 Å². The molecule has 0 aliphatic rings. The second kappa shape index (κ2) is 5.59. The summed E-state index contributed by atoms with van der Waals surface area (Å²) < 4.78 is 1.65. The molecule has 0 unspecified atom stereocenters. The lowest BCUT2D eigenvalue weighted by Crippen LogP contribution is -2.29. The number of benzene rings is 1. The molecule has 0 aliphatic carbocycles. The topological polar surface area (TPSA) is 48.0 Å². The summed E-state index contributed by atoms with van der Waals surface area (Å²) in [5, 5.41) is 0. The van der Waals surface area contributed by atoms with E-state index in [1.165, 1.54) is 16.7 Å². The van der Waals surface area contributed by atoms with Crippen LogP contribution < -0.4 is 11.3 Å². The Morgan fingerprint density at radius 1 is 1.25 bits per heavy atom. The molecule has 4 heteroatoms. The van der Waals surface area contributed by atoms with Crippen molar-refractivity contribution >= 4 is 17.2 Å². The first-order valence-corrected chi connectivity index (χ1v) is 6.87. The number of aromatic nitrogens is 1. The highest BCUT2D eigenvalue weighted by Gasteiger charge is 2.09. The summed E-state index contributed by atoms with van der Waals surface area (Å²) in [6.07, 6.45) is 1.77. The second-order valence-electron chi connectivity index (χ2n) is 5.10. The summed E-state index contributed by atoms with van der Waals surface area (Å²) in [6, 6.07) is 7.72. The molecular formula is C16H18N2OS. The maximum Gasteiger partial charge on any atom is 0.261 e. The molecule has 0 bridgehead atoms. The van der Waals surface area contributed by atoms with E-state index in [4.69, 9.17) is 18.0 Å². The van der Waals surface area contributed by atoms with Gasteiger partial charge in [0.2, 0.25) is 0 Å². The normalized spacial score (nSPS) is 10.6. The van der Waals surface area contributed by atoms with Gasteiger partial charge in [-0.3, -0.25) is 4.79 Å². The van der Waals surface area contributed by atoms with Gasteiger partial charge in [-0.05, 0) is 49.6 Å². The quantitative estimate of drug-likeness (QED) is 0.882. The van der Waals surface area contributed by atoms with E-state index in [0.29, 0.717) is 12.1 Å². The van der Waals surface area contributed by atoms with Crippen LogP contribution >= 0.6 is 12.2 Å². The first-order chi connectivity index (χ1) is 9.40. The van der Waals surface area contributed by atoms with Gasteiger partial charge in [0.25, 0.3) is 5.56 Å². The fourth-order valence-electron chi connectivity index (χ4n) is 2.48. The van der Waals surface area contributed by atoms with Crippen molar-refractivity contribution in [2.75, 3.05) is 0 Å². The zero-order valence-electron chi connectivity index (χ0n) is 11.9. The predicted octanol–water partition coefficient (Wildman–Crippen LogP) is 2.46. The number of nitrogens with zero attached hydrogens (tertiary/aromatic N) is 1. The standard InChI is InChI=1S/C16H18N2OS/c1-10-7-11(2)14(12(3)8-10)9-18-6-4-5-13(15(17)20)16(18)19/h4-8H,9H2,1-3H3,(H2,17,20). The Bertz CT molecular complexity index is 708. The average molecular weight is 286 g/mol. The van der Waals surface area contributed by atoms with Crippen molar-refractivity contribution in [3.63, 3.8) is 0 Å². The van der Waals surface area contributed by atoms with Gasteiger partial charge in [-0.25, -0.2) is 0 Å². The van der Waals surface area contributed by atoms with E-state index < -0.39 is 0 Å². The molecule has 0 aliphatic heterocycles. The number of rotatable bonds is 3. The van der Waals surface area contributed by atoms with Gasteiger partial charge in [0.05, 0.1) is 12.1 Å². The van der Waals surface area contributed by atoms with Gasteiger partial charge in [0.15, 0.2) is 0 Å². The predicted molar refractivity (Wildman–Crippen MR) is 86.3 cm³/mol. The van der Waals surface area contributed by atoms with Crippen LogP contribution in [0.25, 0.3) is 0 Å². The largest absolute Gasteiger partial charge is 0.389 e. The molecular weight excluding hydrogens is 268 g/mol. The van der Waals surface area contributed by atoms with E-state index in [2.05, 4.69) is 32.9 Å². The Kier molecular flexibility index (Phi) is 4.04. The summed E-state index contributed by atoms with van der Waals surface area (Å²) in [5.41, 5.74) is 10.6. The maximum atomic E-state index is 12.3. The molecule has 104 valence electrons. The van der Waals surface area contributed by atoms with Gasteiger partial charge in [0, 0.05) is 6.20 Å². The van der Waals surface area contributed by atoms with Gasteiger partial charge in [-0.15, -0.1) is 0 Å². The van der Waals surface area contributed by atoms with E-state index in [9.17, 15) is 4.79 Å². The molecule has 1 heterocycles. The van der Waals surface area contributed by atoms with Gasteiger partial charge in [-0.1, -0.05) is 29.9 Å². The second-order valence-corrected chi connectivity index (χ2v) is 5.54. The van der Waals surface area contributed by atoms with Crippen molar-refractivity contribution < 1.29 is 0 Å². The van der Waals surface area contributed by atoms with Crippen LogP contribution in [0.4, 0.5) is 0 Å². The van der Waals surface area contributed by atoms with Crippen molar-refractivity contribution in [3.8, 4) is 0 Å². The highest BCUT2D eigenvalue weighted by Crippen LogP contribution is 2.17. The Hall–Kier alpha value is -1.94. The molecule has 0 amide bonds. The molecule has 0 saturated carbocycles. The molecule has 0 atom stereocenters. The summed E-state index contributed by atoms with van der Waals surface area (Å²) >= 11 is 4.91. The van der Waals surface area contributed by atoms with Crippen molar-refractivity contribution in [2.45, 2.75) is 27.3 Å². The third-order valence-electron chi connectivity index (χ3n) is 3.45. The van der Waals surface area contributed by atoms with Crippen LogP contribution in [-0.4, -0.2) is 9.56 Å². The highest BCUT2D eigenvalue weighted by atomic mass is 32.1. The van der Waals surface area contributed by atoms with Gasteiger partial charge < -0.3 is 10.3 Å². The fourth-order valence-corrected chi connectivity index (χ4v) is 2.63. The van der Waals surface area contributed by atoms with Crippen LogP contribution in [0, 0.1) is 20.8 Å². The van der Waals surface area contributed by atoms with Crippen molar-refractivity contribution in [2.24, 2.45) is 5.73 Å². The number of pyridine rings is 1. The Labute approximate surface area is 124 Å². The number of nitrogens with two attached hydrogens (primary N) is 1. The molecule has 0 fully saturated rings. The third kappa shape index (κ3) is 2.80. The molecule has 2 aromatic rings.